The van der Waals surface area contributed by atoms with Crippen LogP contribution in [0.1, 0.15) is 19.8 Å². The van der Waals surface area contributed by atoms with Gasteiger partial charge < -0.3 is 4.90 Å². The topological polar surface area (TPSA) is 66.4 Å². The molecular weight excluding hydrogens is 344 g/mol. The number of benzene rings is 1. The molecule has 0 amide bonds. The molecule has 0 unspecified atom stereocenters. The first-order chi connectivity index (χ1) is 11.5. The molecule has 1 fully saturated rings. The highest BCUT2D eigenvalue weighted by Crippen LogP contribution is 2.27. The first kappa shape index (κ1) is 17.3. The van der Waals surface area contributed by atoms with Gasteiger partial charge in [-0.1, -0.05) is 30.3 Å². The lowest BCUT2D eigenvalue weighted by Gasteiger charge is -2.35. The van der Waals surface area contributed by atoms with Crippen molar-refractivity contribution in [2.45, 2.75) is 25.8 Å². The highest BCUT2D eigenvalue weighted by molar-refractivity contribution is 7.89. The largest absolute Gasteiger partial charge is 0.347 e. The number of hydrogen-bond donors (Lipinski definition) is 0. The normalized spacial score (nSPS) is 16.7. The summed E-state index contributed by atoms with van der Waals surface area (Å²) in [5.41, 5.74) is 1.02. The van der Waals surface area contributed by atoms with Gasteiger partial charge in [-0.15, -0.1) is 0 Å². The number of piperidine rings is 1. The molecule has 130 valence electrons. The Morgan fingerprint density at radius 1 is 1.25 bits per heavy atom. The standard InChI is InChI=1S/C16H22N4O2S2/c1-3-24(21,22)19(2)14-9-11-20(12-10-14)16-17-15(18-23-16)13-7-5-4-6-8-13/h4-8,14H,3,9-12H2,1-2H3. The fraction of sp³-hybridized carbons (Fsp3) is 0.500. The van der Waals surface area contributed by atoms with Crippen molar-refractivity contribution in [3.8, 4) is 11.4 Å². The van der Waals surface area contributed by atoms with E-state index in [1.807, 2.05) is 30.3 Å². The zero-order valence-electron chi connectivity index (χ0n) is 13.9. The molecule has 6 nitrogen and oxygen atoms in total. The summed E-state index contributed by atoms with van der Waals surface area (Å²) in [4.78, 5) is 6.84. The van der Waals surface area contributed by atoms with Crippen molar-refractivity contribution in [3.05, 3.63) is 30.3 Å². The Balaban J connectivity index is 1.64. The summed E-state index contributed by atoms with van der Waals surface area (Å²) in [6.45, 7) is 3.29. The first-order valence-electron chi connectivity index (χ1n) is 8.11. The van der Waals surface area contributed by atoms with Gasteiger partial charge in [-0.3, -0.25) is 0 Å². The van der Waals surface area contributed by atoms with Gasteiger partial charge in [0.05, 0.1) is 5.75 Å². The van der Waals surface area contributed by atoms with Crippen LogP contribution in [0, 0.1) is 0 Å². The highest BCUT2D eigenvalue weighted by atomic mass is 32.2. The average molecular weight is 367 g/mol. The molecule has 1 saturated heterocycles. The Hall–Kier alpha value is -1.51. The number of anilines is 1. The van der Waals surface area contributed by atoms with Crippen molar-refractivity contribution in [2.24, 2.45) is 0 Å². The molecule has 0 atom stereocenters. The lowest BCUT2D eigenvalue weighted by molar-refractivity contribution is 0.312. The van der Waals surface area contributed by atoms with E-state index in [1.165, 1.54) is 11.5 Å². The maximum absolute atomic E-state index is 12.0. The lowest BCUT2D eigenvalue weighted by Crippen LogP contribution is -2.46. The molecule has 1 aliphatic heterocycles. The van der Waals surface area contributed by atoms with Crippen molar-refractivity contribution >= 4 is 26.7 Å². The molecule has 0 bridgehead atoms. The SMILES string of the molecule is CCS(=O)(=O)N(C)C1CCN(c2nc(-c3ccccc3)ns2)CC1. The summed E-state index contributed by atoms with van der Waals surface area (Å²) < 4.78 is 30.0. The third-order valence-electron chi connectivity index (χ3n) is 4.50. The van der Waals surface area contributed by atoms with Crippen LogP contribution in [0.15, 0.2) is 30.3 Å². The Morgan fingerprint density at radius 3 is 2.54 bits per heavy atom. The van der Waals surface area contributed by atoms with Crippen molar-refractivity contribution < 1.29 is 8.42 Å². The molecule has 0 radical (unpaired) electrons. The van der Waals surface area contributed by atoms with Gasteiger partial charge in [-0.05, 0) is 19.8 Å². The second-order valence-corrected chi connectivity index (χ2v) is 8.95. The van der Waals surface area contributed by atoms with Gasteiger partial charge in [-0.25, -0.2) is 12.7 Å². The van der Waals surface area contributed by atoms with Crippen LogP contribution in [-0.2, 0) is 10.0 Å². The van der Waals surface area contributed by atoms with E-state index in [-0.39, 0.29) is 11.8 Å². The van der Waals surface area contributed by atoms with Crippen LogP contribution in [0.2, 0.25) is 0 Å². The van der Waals surface area contributed by atoms with E-state index < -0.39 is 10.0 Å². The van der Waals surface area contributed by atoms with E-state index in [1.54, 1.807) is 18.3 Å². The van der Waals surface area contributed by atoms with Crippen LogP contribution in [0.5, 0.6) is 0 Å². The Bertz CT molecular complexity index is 768. The van der Waals surface area contributed by atoms with E-state index in [9.17, 15) is 8.42 Å². The predicted octanol–water partition coefficient (Wildman–Crippen LogP) is 2.46. The van der Waals surface area contributed by atoms with Gasteiger partial charge in [0, 0.05) is 43.3 Å². The van der Waals surface area contributed by atoms with Gasteiger partial charge >= 0.3 is 0 Å². The molecule has 1 aromatic heterocycles. The fourth-order valence-electron chi connectivity index (χ4n) is 2.90. The minimum absolute atomic E-state index is 0.0766. The van der Waals surface area contributed by atoms with Crippen LogP contribution < -0.4 is 4.90 Å². The van der Waals surface area contributed by atoms with Crippen molar-refractivity contribution in [3.63, 3.8) is 0 Å². The summed E-state index contributed by atoms with van der Waals surface area (Å²) in [5, 5.41) is 0.910. The fourth-order valence-corrected chi connectivity index (χ4v) is 4.71. The second kappa shape index (κ2) is 7.16. The number of nitrogens with zero attached hydrogens (tertiary/aromatic N) is 4. The number of aromatic nitrogens is 2. The molecule has 1 aromatic carbocycles. The smallest absolute Gasteiger partial charge is 0.213 e. The zero-order chi connectivity index (χ0) is 17.2. The van der Waals surface area contributed by atoms with Crippen LogP contribution in [-0.4, -0.2) is 54.0 Å². The number of sulfonamides is 1. The second-order valence-electron chi connectivity index (χ2n) is 5.90. The van der Waals surface area contributed by atoms with Crippen LogP contribution >= 0.6 is 11.5 Å². The molecule has 0 saturated carbocycles. The molecule has 2 heterocycles. The third kappa shape index (κ3) is 3.60. The minimum atomic E-state index is -3.12. The summed E-state index contributed by atoms with van der Waals surface area (Å²) in [5.74, 6) is 0.906. The molecular formula is C16H22N4O2S2. The molecule has 0 spiro atoms. The Kier molecular flexibility index (Phi) is 5.17. The predicted molar refractivity (Wildman–Crippen MR) is 97.8 cm³/mol. The zero-order valence-corrected chi connectivity index (χ0v) is 15.6. The lowest BCUT2D eigenvalue weighted by atomic mass is 10.1. The van der Waals surface area contributed by atoms with Crippen molar-refractivity contribution in [1.29, 1.82) is 0 Å². The van der Waals surface area contributed by atoms with Gasteiger partial charge in [-0.2, -0.15) is 9.36 Å². The molecule has 1 aliphatic rings. The maximum atomic E-state index is 12.0. The molecule has 24 heavy (non-hydrogen) atoms. The van der Waals surface area contributed by atoms with E-state index in [0.717, 1.165) is 42.5 Å². The first-order valence-corrected chi connectivity index (χ1v) is 10.5. The molecule has 2 aromatic rings. The molecule has 0 aliphatic carbocycles. The van der Waals surface area contributed by atoms with Crippen molar-refractivity contribution in [1.82, 2.24) is 13.7 Å². The Morgan fingerprint density at radius 2 is 1.92 bits per heavy atom. The minimum Gasteiger partial charge on any atom is -0.347 e. The van der Waals surface area contributed by atoms with E-state index in [0.29, 0.717) is 0 Å². The van der Waals surface area contributed by atoms with E-state index in [4.69, 9.17) is 0 Å². The molecule has 0 N–H and O–H groups in total. The molecule has 8 heteroatoms. The summed E-state index contributed by atoms with van der Waals surface area (Å²) >= 11 is 1.40. The van der Waals surface area contributed by atoms with Crippen molar-refractivity contribution in [2.75, 3.05) is 30.8 Å². The monoisotopic (exact) mass is 366 g/mol. The highest BCUT2D eigenvalue weighted by Gasteiger charge is 2.29. The van der Waals surface area contributed by atoms with Gasteiger partial charge in [0.15, 0.2) is 5.82 Å². The summed E-state index contributed by atoms with van der Waals surface area (Å²) in [7, 11) is -1.43. The molecule has 3 rings (SSSR count). The van der Waals surface area contributed by atoms with E-state index >= 15 is 0 Å². The van der Waals surface area contributed by atoms with Crippen LogP contribution in [0.3, 0.4) is 0 Å². The van der Waals surface area contributed by atoms with Crippen LogP contribution in [0.4, 0.5) is 5.13 Å². The third-order valence-corrected chi connectivity index (χ3v) is 7.18. The van der Waals surface area contributed by atoms with Gasteiger partial charge in [0.1, 0.15) is 0 Å². The summed E-state index contributed by atoms with van der Waals surface area (Å²) in [6.07, 6.45) is 1.63. The average Bonchev–Trinajstić information content (AvgIpc) is 3.12. The number of rotatable bonds is 5. The summed E-state index contributed by atoms with van der Waals surface area (Å²) in [6, 6.07) is 10.0. The quantitative estimate of drug-likeness (QED) is 0.813. The number of hydrogen-bond acceptors (Lipinski definition) is 6. The Labute approximate surface area is 147 Å². The van der Waals surface area contributed by atoms with Gasteiger partial charge in [0.25, 0.3) is 0 Å². The van der Waals surface area contributed by atoms with Gasteiger partial charge in [0.2, 0.25) is 15.2 Å². The maximum Gasteiger partial charge on any atom is 0.213 e. The van der Waals surface area contributed by atoms with E-state index in [2.05, 4.69) is 14.3 Å². The van der Waals surface area contributed by atoms with Crippen LogP contribution in [0.25, 0.3) is 11.4 Å².